The number of unbranched alkanes of at least 4 members (excludes halogenated alkanes) is 1. The van der Waals surface area contributed by atoms with Crippen LogP contribution in [0.25, 0.3) is 0 Å². The molecule has 0 aliphatic carbocycles. The number of benzene rings is 1. The van der Waals surface area contributed by atoms with E-state index in [1.165, 1.54) is 4.31 Å². The molecule has 0 saturated heterocycles. The van der Waals surface area contributed by atoms with Gasteiger partial charge >= 0.3 is 0 Å². The molecule has 8 heteroatoms. The highest BCUT2D eigenvalue weighted by molar-refractivity contribution is 7.92. The molecule has 2 N–H and O–H groups in total. The van der Waals surface area contributed by atoms with Gasteiger partial charge in [0.1, 0.15) is 0 Å². The first-order valence-electron chi connectivity index (χ1n) is 7.64. The maximum absolute atomic E-state index is 12.3. The van der Waals surface area contributed by atoms with E-state index in [0.717, 1.165) is 5.69 Å². The molecule has 130 valence electrons. The fourth-order valence-electron chi connectivity index (χ4n) is 2.13. The van der Waals surface area contributed by atoms with E-state index in [1.54, 1.807) is 32.2 Å². The Balaban J connectivity index is 1.79. The van der Waals surface area contributed by atoms with Gasteiger partial charge in [0.05, 0.1) is 18.0 Å². The van der Waals surface area contributed by atoms with Crippen LogP contribution in [0.2, 0.25) is 0 Å². The molecule has 0 bridgehead atoms. The Morgan fingerprint density at radius 2 is 1.88 bits per heavy atom. The topological polar surface area (TPSA) is 98.4 Å². The summed E-state index contributed by atoms with van der Waals surface area (Å²) < 4.78 is 31.4. The summed E-state index contributed by atoms with van der Waals surface area (Å²) in [5.74, 6) is 0.633. The van der Waals surface area contributed by atoms with Gasteiger partial charge in [-0.3, -0.25) is 4.31 Å². The number of nitrogen functional groups attached to an aromatic ring is 1. The lowest BCUT2D eigenvalue weighted by Gasteiger charge is -2.19. The van der Waals surface area contributed by atoms with E-state index < -0.39 is 10.0 Å². The second-order valence-electron chi connectivity index (χ2n) is 5.38. The number of nitrogens with zero attached hydrogens (tertiary/aromatic N) is 3. The summed E-state index contributed by atoms with van der Waals surface area (Å²) in [6, 6.07) is 10.7. The predicted molar refractivity (Wildman–Crippen MR) is 94.5 cm³/mol. The van der Waals surface area contributed by atoms with Gasteiger partial charge in [0, 0.05) is 18.8 Å². The molecule has 0 fully saturated rings. The molecule has 0 saturated carbocycles. The van der Waals surface area contributed by atoms with Crippen LogP contribution >= 0.6 is 0 Å². The molecule has 0 radical (unpaired) electrons. The second kappa shape index (κ2) is 7.96. The Bertz CT molecular complexity index is 746. The normalized spacial score (nSPS) is 11.2. The zero-order valence-electron chi connectivity index (χ0n) is 13.8. The quantitative estimate of drug-likeness (QED) is 0.731. The van der Waals surface area contributed by atoms with E-state index >= 15 is 0 Å². The van der Waals surface area contributed by atoms with Crippen LogP contribution in [0.4, 0.5) is 11.6 Å². The molecule has 2 rings (SSSR count). The van der Waals surface area contributed by atoms with Gasteiger partial charge in [-0.25, -0.2) is 13.4 Å². The molecule has 24 heavy (non-hydrogen) atoms. The smallest absolute Gasteiger partial charge is 0.234 e. The lowest BCUT2D eigenvalue weighted by molar-refractivity contribution is 0.297. The number of aromatic nitrogens is 2. The monoisotopic (exact) mass is 350 g/mol. The summed E-state index contributed by atoms with van der Waals surface area (Å²) in [6.45, 7) is 2.18. The highest BCUT2D eigenvalue weighted by atomic mass is 32.2. The molecule has 0 atom stereocenters. The molecule has 0 amide bonds. The summed E-state index contributed by atoms with van der Waals surface area (Å²) in [4.78, 5) is 7.93. The highest BCUT2D eigenvalue weighted by Crippen LogP contribution is 2.16. The summed E-state index contributed by atoms with van der Waals surface area (Å²) in [5, 5.41) is 0. The first-order valence-corrected chi connectivity index (χ1v) is 9.25. The van der Waals surface area contributed by atoms with Crippen LogP contribution in [-0.2, 0) is 10.0 Å². The predicted octanol–water partition coefficient (Wildman–Crippen LogP) is 1.99. The summed E-state index contributed by atoms with van der Waals surface area (Å²) in [6.07, 6.45) is 1.10. The van der Waals surface area contributed by atoms with Crippen molar-refractivity contribution in [3.8, 4) is 5.88 Å². The third-order valence-corrected chi connectivity index (χ3v) is 5.28. The standard InChI is InChI=1S/C16H22N4O3S/c1-13-12-15(19-16(17)18-13)23-10-6-7-11-24(21,22)20(2)14-8-4-3-5-9-14/h3-5,8-9,12H,6-7,10-11H2,1-2H3,(H2,17,18,19). The minimum Gasteiger partial charge on any atom is -0.478 e. The van der Waals surface area contributed by atoms with Crippen LogP contribution in [0.1, 0.15) is 18.5 Å². The number of nitrogens with two attached hydrogens (primary N) is 1. The van der Waals surface area contributed by atoms with E-state index in [4.69, 9.17) is 10.5 Å². The third kappa shape index (κ3) is 5.09. The lowest BCUT2D eigenvalue weighted by atomic mass is 10.3. The van der Waals surface area contributed by atoms with Crippen molar-refractivity contribution >= 4 is 21.7 Å². The van der Waals surface area contributed by atoms with E-state index in [-0.39, 0.29) is 11.7 Å². The number of sulfonamides is 1. The van der Waals surface area contributed by atoms with Crippen molar-refractivity contribution in [3.63, 3.8) is 0 Å². The van der Waals surface area contributed by atoms with Gasteiger partial charge in [0.25, 0.3) is 0 Å². The van der Waals surface area contributed by atoms with Crippen molar-refractivity contribution in [2.45, 2.75) is 19.8 Å². The van der Waals surface area contributed by atoms with Crippen LogP contribution in [0.15, 0.2) is 36.4 Å². The third-order valence-electron chi connectivity index (χ3n) is 3.43. The fraction of sp³-hybridized carbons (Fsp3) is 0.375. The summed E-state index contributed by atoms with van der Waals surface area (Å²) >= 11 is 0. The first-order chi connectivity index (χ1) is 11.4. The molecule has 1 aromatic carbocycles. The maximum Gasteiger partial charge on any atom is 0.234 e. The van der Waals surface area contributed by atoms with Crippen LogP contribution in [0.5, 0.6) is 5.88 Å². The van der Waals surface area contributed by atoms with Crippen molar-refractivity contribution in [3.05, 3.63) is 42.1 Å². The Hall–Kier alpha value is -2.35. The van der Waals surface area contributed by atoms with Crippen molar-refractivity contribution in [2.75, 3.05) is 29.4 Å². The number of hydrogen-bond acceptors (Lipinski definition) is 6. The first kappa shape index (κ1) is 18.0. The van der Waals surface area contributed by atoms with Gasteiger partial charge in [-0.2, -0.15) is 4.98 Å². The average Bonchev–Trinajstić information content (AvgIpc) is 2.53. The minimum atomic E-state index is -3.34. The molecule has 0 spiro atoms. The molecule has 1 aromatic heterocycles. The van der Waals surface area contributed by atoms with Gasteiger partial charge in [-0.05, 0) is 31.9 Å². The van der Waals surface area contributed by atoms with Crippen LogP contribution in [0, 0.1) is 6.92 Å². The molecule has 2 aromatic rings. The van der Waals surface area contributed by atoms with E-state index in [1.807, 2.05) is 18.2 Å². The van der Waals surface area contributed by atoms with Crippen LogP contribution < -0.4 is 14.8 Å². The van der Waals surface area contributed by atoms with Crippen molar-refractivity contribution in [1.82, 2.24) is 9.97 Å². The number of hydrogen-bond donors (Lipinski definition) is 1. The zero-order chi connectivity index (χ0) is 17.6. The SMILES string of the molecule is Cc1cc(OCCCCS(=O)(=O)N(C)c2ccccc2)nc(N)n1. The summed E-state index contributed by atoms with van der Waals surface area (Å²) in [5.41, 5.74) is 6.93. The zero-order valence-corrected chi connectivity index (χ0v) is 14.7. The van der Waals surface area contributed by atoms with E-state index in [0.29, 0.717) is 31.0 Å². The van der Waals surface area contributed by atoms with E-state index in [9.17, 15) is 8.42 Å². The largest absolute Gasteiger partial charge is 0.478 e. The molecular weight excluding hydrogens is 328 g/mol. The maximum atomic E-state index is 12.3. The molecule has 0 unspecified atom stereocenters. The van der Waals surface area contributed by atoms with Gasteiger partial charge in [0.15, 0.2) is 0 Å². The second-order valence-corrected chi connectivity index (χ2v) is 7.50. The van der Waals surface area contributed by atoms with Gasteiger partial charge in [-0.1, -0.05) is 18.2 Å². The Kier molecular flexibility index (Phi) is 5.97. The number of aryl methyl sites for hydroxylation is 1. The van der Waals surface area contributed by atoms with Crippen molar-refractivity contribution < 1.29 is 13.2 Å². The number of ether oxygens (including phenoxy) is 1. The Morgan fingerprint density at radius 3 is 2.54 bits per heavy atom. The Labute approximate surface area is 142 Å². The van der Waals surface area contributed by atoms with Crippen LogP contribution in [0.3, 0.4) is 0 Å². The Morgan fingerprint density at radius 1 is 1.17 bits per heavy atom. The minimum absolute atomic E-state index is 0.0622. The molecule has 1 heterocycles. The van der Waals surface area contributed by atoms with Gasteiger partial charge in [-0.15, -0.1) is 0 Å². The van der Waals surface area contributed by atoms with Gasteiger partial charge < -0.3 is 10.5 Å². The number of rotatable bonds is 8. The summed E-state index contributed by atoms with van der Waals surface area (Å²) in [7, 11) is -1.78. The van der Waals surface area contributed by atoms with Crippen LogP contribution in [-0.4, -0.2) is 37.8 Å². The average molecular weight is 350 g/mol. The number of anilines is 2. The van der Waals surface area contributed by atoms with Crippen molar-refractivity contribution in [1.29, 1.82) is 0 Å². The van der Waals surface area contributed by atoms with Crippen molar-refractivity contribution in [2.24, 2.45) is 0 Å². The van der Waals surface area contributed by atoms with Gasteiger partial charge in [0.2, 0.25) is 21.9 Å². The molecule has 0 aliphatic rings. The molecular formula is C16H22N4O3S. The molecule has 0 aliphatic heterocycles. The lowest BCUT2D eigenvalue weighted by Crippen LogP contribution is -2.29. The fourth-order valence-corrected chi connectivity index (χ4v) is 3.42. The number of para-hydroxylation sites is 1. The highest BCUT2D eigenvalue weighted by Gasteiger charge is 2.17. The van der Waals surface area contributed by atoms with E-state index in [2.05, 4.69) is 9.97 Å². The molecule has 7 nitrogen and oxygen atoms in total.